The number of carbonyl (C=O) groups is 1. The first-order valence-corrected chi connectivity index (χ1v) is 8.88. The highest BCUT2D eigenvalue weighted by molar-refractivity contribution is 7.99. The number of thioether (sulfide) groups is 1. The van der Waals surface area contributed by atoms with E-state index in [9.17, 15) is 13.6 Å². The lowest BCUT2D eigenvalue weighted by Gasteiger charge is -2.12. The van der Waals surface area contributed by atoms with Crippen LogP contribution >= 0.6 is 11.8 Å². The molecule has 26 heavy (non-hydrogen) atoms. The Balaban J connectivity index is 1.85. The van der Waals surface area contributed by atoms with Gasteiger partial charge in [0.2, 0.25) is 5.91 Å². The molecule has 0 bridgehead atoms. The van der Waals surface area contributed by atoms with Crippen LogP contribution in [0.3, 0.4) is 0 Å². The standard InChI is InChI=1S/C18H17F2N3O2S/c1-2-25-15-10-6-4-8-13(15)21-16(24)11-23-14-9-5-3-7-12(14)22-18(23)26-17(19)20/h3-10,17H,2,11H2,1H3,(H,21,24). The summed E-state index contributed by atoms with van der Waals surface area (Å²) in [5, 5.41) is 2.88. The SMILES string of the molecule is CCOc1ccccc1NC(=O)Cn1c(SC(F)F)nc2ccccc21. The molecule has 136 valence electrons. The molecule has 0 unspecified atom stereocenters. The third-order valence-corrected chi connectivity index (χ3v) is 4.28. The zero-order chi connectivity index (χ0) is 18.5. The molecule has 0 spiro atoms. The second-order valence-corrected chi connectivity index (χ2v) is 6.28. The first-order chi connectivity index (χ1) is 12.6. The second kappa shape index (κ2) is 8.18. The number of nitrogens with zero attached hydrogens (tertiary/aromatic N) is 2. The number of ether oxygens (including phenoxy) is 1. The molecule has 1 heterocycles. The van der Waals surface area contributed by atoms with Crippen molar-refractivity contribution in [2.45, 2.75) is 24.4 Å². The monoisotopic (exact) mass is 377 g/mol. The van der Waals surface area contributed by atoms with Gasteiger partial charge in [0, 0.05) is 0 Å². The predicted molar refractivity (Wildman–Crippen MR) is 97.8 cm³/mol. The summed E-state index contributed by atoms with van der Waals surface area (Å²) in [5.41, 5.74) is 1.73. The van der Waals surface area contributed by atoms with Gasteiger partial charge in [-0.25, -0.2) is 4.98 Å². The highest BCUT2D eigenvalue weighted by Crippen LogP contribution is 2.29. The number of benzene rings is 2. The highest BCUT2D eigenvalue weighted by atomic mass is 32.2. The van der Waals surface area contributed by atoms with Crippen LogP contribution < -0.4 is 10.1 Å². The Morgan fingerprint density at radius 3 is 2.73 bits per heavy atom. The average molecular weight is 377 g/mol. The van der Waals surface area contributed by atoms with Gasteiger partial charge < -0.3 is 14.6 Å². The number of fused-ring (bicyclic) bond motifs is 1. The van der Waals surface area contributed by atoms with Gasteiger partial charge in [-0.05, 0) is 43.0 Å². The van der Waals surface area contributed by atoms with E-state index >= 15 is 0 Å². The lowest BCUT2D eigenvalue weighted by Crippen LogP contribution is -2.20. The van der Waals surface area contributed by atoms with Crippen LogP contribution in [0, 0.1) is 0 Å². The fourth-order valence-electron chi connectivity index (χ4n) is 2.56. The van der Waals surface area contributed by atoms with E-state index in [-0.39, 0.29) is 17.6 Å². The van der Waals surface area contributed by atoms with Crippen LogP contribution in [0.15, 0.2) is 53.7 Å². The number of alkyl halides is 2. The number of hydrogen-bond donors (Lipinski definition) is 1. The molecular formula is C18H17F2N3O2S. The molecule has 2 aromatic carbocycles. The molecular weight excluding hydrogens is 360 g/mol. The first-order valence-electron chi connectivity index (χ1n) is 8.00. The van der Waals surface area contributed by atoms with Crippen LogP contribution in [0.5, 0.6) is 5.75 Å². The van der Waals surface area contributed by atoms with Crippen molar-refractivity contribution in [2.75, 3.05) is 11.9 Å². The molecule has 1 amide bonds. The summed E-state index contributed by atoms with van der Waals surface area (Å²) in [4.78, 5) is 16.7. The summed E-state index contributed by atoms with van der Waals surface area (Å²) in [6.45, 7) is 2.19. The zero-order valence-corrected chi connectivity index (χ0v) is 14.8. The van der Waals surface area contributed by atoms with E-state index in [0.29, 0.717) is 40.8 Å². The van der Waals surface area contributed by atoms with Crippen LogP contribution in [-0.2, 0) is 11.3 Å². The highest BCUT2D eigenvalue weighted by Gasteiger charge is 2.18. The summed E-state index contributed by atoms with van der Waals surface area (Å²) in [6, 6.07) is 14.1. The van der Waals surface area contributed by atoms with E-state index in [0.717, 1.165) is 0 Å². The minimum atomic E-state index is -2.62. The molecule has 1 N–H and O–H groups in total. The van der Waals surface area contributed by atoms with Gasteiger partial charge in [0.15, 0.2) is 5.16 Å². The molecule has 0 aliphatic rings. The van der Waals surface area contributed by atoms with E-state index in [1.165, 1.54) is 4.57 Å². The van der Waals surface area contributed by atoms with E-state index < -0.39 is 5.76 Å². The molecule has 1 aromatic heterocycles. The number of carbonyl (C=O) groups excluding carboxylic acids is 1. The molecule has 0 saturated carbocycles. The van der Waals surface area contributed by atoms with Crippen molar-refractivity contribution in [2.24, 2.45) is 0 Å². The Hall–Kier alpha value is -2.61. The number of hydrogen-bond acceptors (Lipinski definition) is 4. The van der Waals surface area contributed by atoms with Gasteiger partial charge in [-0.3, -0.25) is 4.79 Å². The van der Waals surface area contributed by atoms with Crippen LogP contribution in [0.1, 0.15) is 6.92 Å². The fraction of sp³-hybridized carbons (Fsp3) is 0.222. The lowest BCUT2D eigenvalue weighted by atomic mass is 10.3. The molecule has 3 rings (SSSR count). The number of amides is 1. The zero-order valence-electron chi connectivity index (χ0n) is 14.0. The van der Waals surface area contributed by atoms with Crippen molar-refractivity contribution < 1.29 is 18.3 Å². The number of imidazole rings is 1. The molecule has 0 saturated heterocycles. The Morgan fingerprint density at radius 2 is 1.96 bits per heavy atom. The molecule has 8 heteroatoms. The maximum Gasteiger partial charge on any atom is 0.291 e. The number of nitrogens with one attached hydrogen (secondary N) is 1. The van der Waals surface area contributed by atoms with E-state index in [1.54, 1.807) is 48.5 Å². The Bertz CT molecular complexity index is 914. The second-order valence-electron chi connectivity index (χ2n) is 5.33. The lowest BCUT2D eigenvalue weighted by molar-refractivity contribution is -0.116. The first kappa shape index (κ1) is 18.2. The number of aromatic nitrogens is 2. The smallest absolute Gasteiger partial charge is 0.291 e. The average Bonchev–Trinajstić information content (AvgIpc) is 2.93. The van der Waals surface area contributed by atoms with Gasteiger partial charge in [0.1, 0.15) is 12.3 Å². The molecule has 3 aromatic rings. The van der Waals surface area contributed by atoms with Crippen LogP contribution in [0.25, 0.3) is 11.0 Å². The van der Waals surface area contributed by atoms with Gasteiger partial charge >= 0.3 is 0 Å². The number of anilines is 1. The summed E-state index contributed by atoms with van der Waals surface area (Å²) < 4.78 is 32.7. The topological polar surface area (TPSA) is 56.1 Å². The van der Waals surface area contributed by atoms with E-state index in [1.807, 2.05) is 6.92 Å². The van der Waals surface area contributed by atoms with Crippen molar-refractivity contribution in [1.82, 2.24) is 9.55 Å². The van der Waals surface area contributed by atoms with Crippen molar-refractivity contribution in [3.8, 4) is 5.75 Å². The number of rotatable bonds is 7. The van der Waals surface area contributed by atoms with Gasteiger partial charge in [0.05, 0.1) is 23.3 Å². The van der Waals surface area contributed by atoms with Gasteiger partial charge in [-0.1, -0.05) is 24.3 Å². The van der Waals surface area contributed by atoms with Crippen LogP contribution in [0.4, 0.5) is 14.5 Å². The van der Waals surface area contributed by atoms with Crippen molar-refractivity contribution in [3.05, 3.63) is 48.5 Å². The summed E-state index contributed by atoms with van der Waals surface area (Å²) in [6.07, 6.45) is 0. The molecule has 0 fully saturated rings. The van der Waals surface area contributed by atoms with E-state index in [2.05, 4.69) is 10.3 Å². The third-order valence-electron chi connectivity index (χ3n) is 3.58. The normalized spacial score (nSPS) is 11.1. The quantitative estimate of drug-likeness (QED) is 0.621. The molecule has 0 radical (unpaired) electrons. The van der Waals surface area contributed by atoms with Gasteiger partial charge in [-0.15, -0.1) is 0 Å². The molecule has 5 nitrogen and oxygen atoms in total. The van der Waals surface area contributed by atoms with Crippen LogP contribution in [0.2, 0.25) is 0 Å². The Labute approximate surface area is 153 Å². The molecule has 0 aliphatic heterocycles. The Morgan fingerprint density at radius 1 is 1.23 bits per heavy atom. The van der Waals surface area contributed by atoms with Crippen molar-refractivity contribution >= 4 is 34.4 Å². The minimum absolute atomic E-state index is 0.106. The van der Waals surface area contributed by atoms with E-state index in [4.69, 9.17) is 4.74 Å². The van der Waals surface area contributed by atoms with Crippen molar-refractivity contribution in [1.29, 1.82) is 0 Å². The molecule has 0 atom stereocenters. The summed E-state index contributed by atoms with van der Waals surface area (Å²) in [5.74, 6) is -2.41. The molecule has 0 aliphatic carbocycles. The predicted octanol–water partition coefficient (Wildman–Crippen LogP) is 4.39. The maximum absolute atomic E-state index is 12.8. The number of halogens is 2. The Kier molecular flexibility index (Phi) is 5.72. The largest absolute Gasteiger partial charge is 0.492 e. The van der Waals surface area contributed by atoms with Gasteiger partial charge in [-0.2, -0.15) is 8.78 Å². The van der Waals surface area contributed by atoms with Gasteiger partial charge in [0.25, 0.3) is 5.76 Å². The summed E-state index contributed by atoms with van der Waals surface area (Å²) in [7, 11) is 0. The maximum atomic E-state index is 12.8. The minimum Gasteiger partial charge on any atom is -0.492 e. The van der Waals surface area contributed by atoms with Crippen molar-refractivity contribution in [3.63, 3.8) is 0 Å². The summed E-state index contributed by atoms with van der Waals surface area (Å²) >= 11 is 0.324. The third kappa shape index (κ3) is 4.13. The van der Waals surface area contributed by atoms with Crippen LogP contribution in [-0.4, -0.2) is 27.8 Å². The number of para-hydroxylation sites is 4. The fourth-order valence-corrected chi connectivity index (χ4v) is 3.16.